The van der Waals surface area contributed by atoms with Crippen molar-refractivity contribution in [3.05, 3.63) is 29.8 Å². The molecule has 0 spiro atoms. The molecule has 2 atom stereocenters. The molecule has 2 nitrogen and oxygen atoms in total. The standard InChI is InChI=1S/C19H32N2/c1-4-16-10-9-12-18(14-16)20-19-13-8-7-11-17(19)15-21(5-2)6-3/h7-8,11,13,16,18,20H,4-6,9-10,12,14-15H2,1-3H3. The molecule has 2 unspecified atom stereocenters. The maximum atomic E-state index is 3.84. The lowest BCUT2D eigenvalue weighted by Crippen LogP contribution is -2.28. The van der Waals surface area contributed by atoms with Crippen molar-refractivity contribution < 1.29 is 0 Å². The number of benzene rings is 1. The molecule has 1 aromatic carbocycles. The number of hydrogen-bond acceptors (Lipinski definition) is 2. The maximum absolute atomic E-state index is 3.84. The zero-order valence-electron chi connectivity index (χ0n) is 14.1. The van der Waals surface area contributed by atoms with Crippen LogP contribution >= 0.6 is 0 Å². The Kier molecular flexibility index (Phi) is 6.56. The Bertz CT molecular complexity index is 412. The lowest BCUT2D eigenvalue weighted by Gasteiger charge is -2.31. The number of para-hydroxylation sites is 1. The highest BCUT2D eigenvalue weighted by Crippen LogP contribution is 2.29. The summed E-state index contributed by atoms with van der Waals surface area (Å²) in [4.78, 5) is 2.48. The molecule has 1 N–H and O–H groups in total. The van der Waals surface area contributed by atoms with Gasteiger partial charge in [0.2, 0.25) is 0 Å². The van der Waals surface area contributed by atoms with Gasteiger partial charge in [0.1, 0.15) is 0 Å². The molecule has 1 saturated carbocycles. The number of anilines is 1. The van der Waals surface area contributed by atoms with E-state index in [9.17, 15) is 0 Å². The van der Waals surface area contributed by atoms with Gasteiger partial charge < -0.3 is 5.32 Å². The summed E-state index contributed by atoms with van der Waals surface area (Å²) in [6, 6.07) is 9.53. The number of nitrogens with zero attached hydrogens (tertiary/aromatic N) is 1. The lowest BCUT2D eigenvalue weighted by atomic mass is 9.84. The Morgan fingerprint density at radius 1 is 1.10 bits per heavy atom. The van der Waals surface area contributed by atoms with Gasteiger partial charge in [-0.1, -0.05) is 58.2 Å². The fraction of sp³-hybridized carbons (Fsp3) is 0.684. The van der Waals surface area contributed by atoms with Gasteiger partial charge in [0.25, 0.3) is 0 Å². The van der Waals surface area contributed by atoms with E-state index in [1.165, 1.54) is 43.4 Å². The van der Waals surface area contributed by atoms with E-state index in [0.29, 0.717) is 6.04 Å². The molecule has 2 rings (SSSR count). The van der Waals surface area contributed by atoms with E-state index in [2.05, 4.69) is 55.3 Å². The van der Waals surface area contributed by atoms with Crippen LogP contribution in [0.15, 0.2) is 24.3 Å². The molecule has 0 aromatic heterocycles. The van der Waals surface area contributed by atoms with Gasteiger partial charge in [0.05, 0.1) is 0 Å². The van der Waals surface area contributed by atoms with Crippen molar-refractivity contribution >= 4 is 5.69 Å². The molecule has 2 heteroatoms. The predicted molar refractivity (Wildman–Crippen MR) is 92.7 cm³/mol. The molecule has 1 aliphatic carbocycles. The van der Waals surface area contributed by atoms with Gasteiger partial charge in [-0.3, -0.25) is 4.90 Å². The van der Waals surface area contributed by atoms with E-state index < -0.39 is 0 Å². The van der Waals surface area contributed by atoms with Crippen LogP contribution in [0.2, 0.25) is 0 Å². The third-order valence-electron chi connectivity index (χ3n) is 5.03. The van der Waals surface area contributed by atoms with Crippen LogP contribution in [0.25, 0.3) is 0 Å². The van der Waals surface area contributed by atoms with Gasteiger partial charge in [-0.2, -0.15) is 0 Å². The fourth-order valence-corrected chi connectivity index (χ4v) is 3.50. The van der Waals surface area contributed by atoms with E-state index in [1.54, 1.807) is 0 Å². The minimum Gasteiger partial charge on any atom is -0.382 e. The Hall–Kier alpha value is -1.02. The Labute approximate surface area is 130 Å². The van der Waals surface area contributed by atoms with Crippen LogP contribution in [0, 0.1) is 5.92 Å². The van der Waals surface area contributed by atoms with E-state index in [4.69, 9.17) is 0 Å². The van der Waals surface area contributed by atoms with Crippen molar-refractivity contribution in [2.45, 2.75) is 65.5 Å². The summed E-state index contributed by atoms with van der Waals surface area (Å²) in [7, 11) is 0. The monoisotopic (exact) mass is 288 g/mol. The number of rotatable bonds is 7. The number of nitrogens with one attached hydrogen (secondary N) is 1. The van der Waals surface area contributed by atoms with Crippen molar-refractivity contribution in [2.75, 3.05) is 18.4 Å². The van der Waals surface area contributed by atoms with Gasteiger partial charge in [0.15, 0.2) is 0 Å². The van der Waals surface area contributed by atoms with Crippen molar-refractivity contribution in [2.24, 2.45) is 5.92 Å². The van der Waals surface area contributed by atoms with E-state index in [0.717, 1.165) is 25.6 Å². The zero-order valence-corrected chi connectivity index (χ0v) is 14.1. The van der Waals surface area contributed by atoms with Crippen molar-refractivity contribution in [1.82, 2.24) is 4.90 Å². The molecule has 0 heterocycles. The summed E-state index contributed by atoms with van der Waals surface area (Å²) >= 11 is 0. The quantitative estimate of drug-likeness (QED) is 0.767. The van der Waals surface area contributed by atoms with Gasteiger partial charge in [-0.25, -0.2) is 0 Å². The Balaban J connectivity index is 2.02. The first-order valence-electron chi connectivity index (χ1n) is 8.83. The van der Waals surface area contributed by atoms with Crippen LogP contribution < -0.4 is 5.32 Å². The van der Waals surface area contributed by atoms with Crippen LogP contribution in [0.3, 0.4) is 0 Å². The molecular formula is C19H32N2. The molecule has 1 fully saturated rings. The third-order valence-corrected chi connectivity index (χ3v) is 5.03. The lowest BCUT2D eigenvalue weighted by molar-refractivity contribution is 0.295. The maximum Gasteiger partial charge on any atom is 0.0388 e. The van der Waals surface area contributed by atoms with Gasteiger partial charge in [0, 0.05) is 18.3 Å². The fourth-order valence-electron chi connectivity index (χ4n) is 3.50. The summed E-state index contributed by atoms with van der Waals surface area (Å²) in [5, 5.41) is 3.84. The molecule has 21 heavy (non-hydrogen) atoms. The topological polar surface area (TPSA) is 15.3 Å². The predicted octanol–water partition coefficient (Wildman–Crippen LogP) is 4.91. The van der Waals surface area contributed by atoms with Crippen LogP contribution in [-0.2, 0) is 6.54 Å². The first-order valence-corrected chi connectivity index (χ1v) is 8.83. The van der Waals surface area contributed by atoms with E-state index in [-0.39, 0.29) is 0 Å². The third kappa shape index (κ3) is 4.74. The second kappa shape index (κ2) is 8.43. The molecule has 0 radical (unpaired) electrons. The summed E-state index contributed by atoms with van der Waals surface area (Å²) in [6.45, 7) is 10.1. The first kappa shape index (κ1) is 16.4. The van der Waals surface area contributed by atoms with Gasteiger partial charge in [-0.05, 0) is 43.5 Å². The van der Waals surface area contributed by atoms with Crippen molar-refractivity contribution in [1.29, 1.82) is 0 Å². The molecule has 0 aliphatic heterocycles. The van der Waals surface area contributed by atoms with E-state index >= 15 is 0 Å². The first-order chi connectivity index (χ1) is 10.3. The highest BCUT2D eigenvalue weighted by Gasteiger charge is 2.21. The average Bonchev–Trinajstić information content (AvgIpc) is 2.54. The number of hydrogen-bond donors (Lipinski definition) is 1. The summed E-state index contributed by atoms with van der Waals surface area (Å²) < 4.78 is 0. The smallest absolute Gasteiger partial charge is 0.0388 e. The summed E-state index contributed by atoms with van der Waals surface area (Å²) in [5.41, 5.74) is 2.80. The molecule has 1 aliphatic rings. The summed E-state index contributed by atoms with van der Waals surface area (Å²) in [5.74, 6) is 0.922. The second-order valence-electron chi connectivity index (χ2n) is 6.40. The molecule has 118 valence electrons. The van der Waals surface area contributed by atoms with Crippen LogP contribution in [0.4, 0.5) is 5.69 Å². The molecular weight excluding hydrogens is 256 g/mol. The van der Waals surface area contributed by atoms with Crippen LogP contribution in [-0.4, -0.2) is 24.0 Å². The largest absolute Gasteiger partial charge is 0.382 e. The second-order valence-corrected chi connectivity index (χ2v) is 6.40. The molecule has 0 amide bonds. The average molecular weight is 288 g/mol. The summed E-state index contributed by atoms with van der Waals surface area (Å²) in [6.07, 6.45) is 6.82. The zero-order chi connectivity index (χ0) is 15.1. The van der Waals surface area contributed by atoms with Gasteiger partial charge in [-0.15, -0.1) is 0 Å². The highest BCUT2D eigenvalue weighted by atomic mass is 15.1. The Morgan fingerprint density at radius 3 is 2.57 bits per heavy atom. The molecule has 1 aromatic rings. The minimum atomic E-state index is 0.668. The highest BCUT2D eigenvalue weighted by molar-refractivity contribution is 5.51. The molecule has 0 saturated heterocycles. The Morgan fingerprint density at radius 2 is 1.86 bits per heavy atom. The van der Waals surface area contributed by atoms with Gasteiger partial charge >= 0.3 is 0 Å². The SMILES string of the molecule is CCC1CCCC(Nc2ccccc2CN(CC)CC)C1. The van der Waals surface area contributed by atoms with Crippen LogP contribution in [0.1, 0.15) is 58.4 Å². The van der Waals surface area contributed by atoms with Crippen molar-refractivity contribution in [3.63, 3.8) is 0 Å². The van der Waals surface area contributed by atoms with Crippen molar-refractivity contribution in [3.8, 4) is 0 Å². The normalized spacial score (nSPS) is 22.5. The van der Waals surface area contributed by atoms with Crippen LogP contribution in [0.5, 0.6) is 0 Å². The molecule has 0 bridgehead atoms. The van der Waals surface area contributed by atoms with E-state index in [1.807, 2.05) is 0 Å². The minimum absolute atomic E-state index is 0.668.